The van der Waals surface area contributed by atoms with Crippen LogP contribution in [0.15, 0.2) is 60.7 Å². The number of carbonyl (C=O) groups is 2. The van der Waals surface area contributed by atoms with Gasteiger partial charge in [0.2, 0.25) is 0 Å². The Balaban J connectivity index is 1.79. The molecule has 2 unspecified atom stereocenters. The summed E-state index contributed by atoms with van der Waals surface area (Å²) in [5, 5.41) is -0.0392. The maximum atomic E-state index is 13.2. The van der Waals surface area contributed by atoms with Crippen molar-refractivity contribution < 1.29 is 14.3 Å². The lowest BCUT2D eigenvalue weighted by Crippen LogP contribution is -2.47. The number of rotatable bonds is 6. The number of esters is 1. The molecule has 142 valence electrons. The first-order valence-electron chi connectivity index (χ1n) is 9.30. The fraction of sp³-hybridized carbons (Fsp3) is 0.364. The molecule has 5 heteroatoms. The smallest absolute Gasteiger partial charge is 0.330 e. The second kappa shape index (κ2) is 9.09. The van der Waals surface area contributed by atoms with Crippen molar-refractivity contribution in [3.8, 4) is 0 Å². The highest BCUT2D eigenvalue weighted by molar-refractivity contribution is 8.00. The van der Waals surface area contributed by atoms with Gasteiger partial charge < -0.3 is 9.64 Å². The molecule has 1 fully saturated rings. The van der Waals surface area contributed by atoms with Gasteiger partial charge in [-0.15, -0.1) is 11.8 Å². The van der Waals surface area contributed by atoms with E-state index in [0.717, 1.165) is 12.8 Å². The van der Waals surface area contributed by atoms with Crippen LogP contribution in [0.2, 0.25) is 0 Å². The van der Waals surface area contributed by atoms with Gasteiger partial charge in [-0.05, 0) is 44.4 Å². The minimum Gasteiger partial charge on any atom is -0.461 e. The molecular weight excluding hydrogens is 358 g/mol. The molecule has 1 saturated heterocycles. The monoisotopic (exact) mass is 383 g/mol. The van der Waals surface area contributed by atoms with Gasteiger partial charge >= 0.3 is 5.97 Å². The predicted molar refractivity (Wildman–Crippen MR) is 109 cm³/mol. The van der Waals surface area contributed by atoms with Crippen molar-refractivity contribution in [1.82, 2.24) is 4.90 Å². The average Bonchev–Trinajstić information content (AvgIpc) is 3.11. The standard InChI is InChI=1S/C22H25NO3S/c1-16(2)26-22(25)19-15-27-20(14-13-17-9-5-3-6-10-17)23(19)21(24)18-11-7-4-8-12-18/h3-12,16,19-20H,13-15H2,1-2H3. The van der Waals surface area contributed by atoms with Gasteiger partial charge in [-0.3, -0.25) is 4.79 Å². The molecule has 2 aromatic carbocycles. The molecular formula is C22H25NO3S. The van der Waals surface area contributed by atoms with Crippen LogP contribution in [-0.4, -0.2) is 40.0 Å². The highest BCUT2D eigenvalue weighted by atomic mass is 32.2. The lowest BCUT2D eigenvalue weighted by Gasteiger charge is -2.29. The van der Waals surface area contributed by atoms with Crippen molar-refractivity contribution >= 4 is 23.6 Å². The van der Waals surface area contributed by atoms with Gasteiger partial charge in [-0.1, -0.05) is 48.5 Å². The second-order valence-electron chi connectivity index (χ2n) is 6.89. The predicted octanol–water partition coefficient (Wildman–Crippen LogP) is 4.15. The molecule has 0 radical (unpaired) electrons. The van der Waals surface area contributed by atoms with Gasteiger partial charge in [-0.2, -0.15) is 0 Å². The molecule has 0 saturated carbocycles. The topological polar surface area (TPSA) is 46.6 Å². The minimum absolute atomic E-state index is 0.0392. The Bertz CT molecular complexity index is 764. The van der Waals surface area contributed by atoms with E-state index in [1.165, 1.54) is 5.56 Å². The summed E-state index contributed by atoms with van der Waals surface area (Å²) in [4.78, 5) is 27.5. The Labute approximate surface area is 164 Å². The summed E-state index contributed by atoms with van der Waals surface area (Å²) >= 11 is 1.66. The minimum atomic E-state index is -0.536. The number of hydrogen-bond donors (Lipinski definition) is 0. The normalized spacial score (nSPS) is 19.3. The van der Waals surface area contributed by atoms with E-state index in [2.05, 4.69) is 12.1 Å². The molecule has 27 heavy (non-hydrogen) atoms. The number of nitrogens with zero attached hydrogens (tertiary/aromatic N) is 1. The quantitative estimate of drug-likeness (QED) is 0.703. The van der Waals surface area contributed by atoms with E-state index in [4.69, 9.17) is 4.74 Å². The Kier molecular flexibility index (Phi) is 6.56. The van der Waals surface area contributed by atoms with Gasteiger partial charge in [0, 0.05) is 11.3 Å². The van der Waals surface area contributed by atoms with Gasteiger partial charge in [0.05, 0.1) is 11.5 Å². The Morgan fingerprint density at radius 1 is 1.07 bits per heavy atom. The van der Waals surface area contributed by atoms with Gasteiger partial charge in [-0.25, -0.2) is 4.79 Å². The third-order valence-corrected chi connectivity index (χ3v) is 5.85. The molecule has 0 aromatic heterocycles. The number of carbonyl (C=O) groups excluding carboxylic acids is 2. The average molecular weight is 384 g/mol. The highest BCUT2D eigenvalue weighted by Gasteiger charge is 2.42. The molecule has 2 atom stereocenters. The van der Waals surface area contributed by atoms with E-state index in [1.807, 2.05) is 50.2 Å². The van der Waals surface area contributed by atoms with Gasteiger partial charge in [0.25, 0.3) is 5.91 Å². The zero-order valence-electron chi connectivity index (χ0n) is 15.7. The van der Waals surface area contributed by atoms with Crippen molar-refractivity contribution in [3.05, 3.63) is 71.8 Å². The van der Waals surface area contributed by atoms with Crippen LogP contribution in [-0.2, 0) is 16.0 Å². The first kappa shape index (κ1) is 19.5. The van der Waals surface area contributed by atoms with E-state index in [9.17, 15) is 9.59 Å². The van der Waals surface area contributed by atoms with Crippen LogP contribution in [0.3, 0.4) is 0 Å². The lowest BCUT2D eigenvalue weighted by atomic mass is 10.1. The number of amides is 1. The number of thioether (sulfide) groups is 1. The fourth-order valence-corrected chi connectivity index (χ4v) is 4.60. The molecule has 0 aliphatic carbocycles. The van der Waals surface area contributed by atoms with Crippen LogP contribution in [0.4, 0.5) is 0 Å². The summed E-state index contributed by atoms with van der Waals surface area (Å²) < 4.78 is 5.42. The maximum Gasteiger partial charge on any atom is 0.330 e. The molecule has 1 aliphatic rings. The second-order valence-corrected chi connectivity index (χ2v) is 8.10. The third-order valence-electron chi connectivity index (χ3n) is 4.49. The third kappa shape index (κ3) is 4.92. The van der Waals surface area contributed by atoms with Gasteiger partial charge in [0.15, 0.2) is 0 Å². The molecule has 4 nitrogen and oxygen atoms in total. The van der Waals surface area contributed by atoms with E-state index in [1.54, 1.807) is 28.8 Å². The summed E-state index contributed by atoms with van der Waals surface area (Å²) in [6, 6.07) is 18.8. The van der Waals surface area contributed by atoms with Crippen LogP contribution in [0.5, 0.6) is 0 Å². The number of ether oxygens (including phenoxy) is 1. The van der Waals surface area contributed by atoms with Crippen molar-refractivity contribution in [2.75, 3.05) is 5.75 Å². The first-order valence-corrected chi connectivity index (χ1v) is 10.3. The highest BCUT2D eigenvalue weighted by Crippen LogP contribution is 2.34. The zero-order chi connectivity index (χ0) is 19.2. The Morgan fingerprint density at radius 3 is 2.33 bits per heavy atom. The molecule has 0 N–H and O–H groups in total. The molecule has 1 heterocycles. The van der Waals surface area contributed by atoms with Crippen LogP contribution in [0.25, 0.3) is 0 Å². The first-order chi connectivity index (χ1) is 13.1. The van der Waals surface area contributed by atoms with Crippen molar-refractivity contribution in [2.24, 2.45) is 0 Å². The maximum absolute atomic E-state index is 13.2. The number of benzene rings is 2. The summed E-state index contributed by atoms with van der Waals surface area (Å²) in [6.45, 7) is 3.66. The van der Waals surface area contributed by atoms with E-state index in [0.29, 0.717) is 11.3 Å². The summed E-state index contributed by atoms with van der Waals surface area (Å²) in [5.41, 5.74) is 1.84. The van der Waals surface area contributed by atoms with E-state index in [-0.39, 0.29) is 23.4 Å². The number of hydrogen-bond acceptors (Lipinski definition) is 4. The SMILES string of the molecule is CC(C)OC(=O)C1CSC(CCc2ccccc2)N1C(=O)c1ccccc1. The van der Waals surface area contributed by atoms with Crippen LogP contribution in [0, 0.1) is 0 Å². The van der Waals surface area contributed by atoms with E-state index < -0.39 is 6.04 Å². The largest absolute Gasteiger partial charge is 0.461 e. The fourth-order valence-electron chi connectivity index (χ4n) is 3.22. The van der Waals surface area contributed by atoms with Crippen LogP contribution < -0.4 is 0 Å². The molecule has 0 bridgehead atoms. The molecule has 2 aromatic rings. The van der Waals surface area contributed by atoms with Crippen molar-refractivity contribution in [1.29, 1.82) is 0 Å². The van der Waals surface area contributed by atoms with Gasteiger partial charge in [0.1, 0.15) is 6.04 Å². The van der Waals surface area contributed by atoms with Crippen molar-refractivity contribution in [2.45, 2.75) is 44.2 Å². The molecule has 3 rings (SSSR count). The molecule has 0 spiro atoms. The molecule has 1 amide bonds. The lowest BCUT2D eigenvalue weighted by molar-refractivity contribution is -0.151. The summed E-state index contributed by atoms with van der Waals surface area (Å²) in [6.07, 6.45) is 1.47. The molecule has 1 aliphatic heterocycles. The van der Waals surface area contributed by atoms with Crippen LogP contribution in [0.1, 0.15) is 36.2 Å². The Morgan fingerprint density at radius 2 is 1.70 bits per heavy atom. The van der Waals surface area contributed by atoms with Crippen molar-refractivity contribution in [3.63, 3.8) is 0 Å². The summed E-state index contributed by atoms with van der Waals surface area (Å²) in [5.74, 6) is 0.150. The Hall–Kier alpha value is -2.27. The van der Waals surface area contributed by atoms with E-state index >= 15 is 0 Å². The zero-order valence-corrected chi connectivity index (χ0v) is 16.5. The summed E-state index contributed by atoms with van der Waals surface area (Å²) in [7, 11) is 0. The van der Waals surface area contributed by atoms with Crippen LogP contribution >= 0.6 is 11.8 Å². The number of aryl methyl sites for hydroxylation is 1.